The van der Waals surface area contributed by atoms with Gasteiger partial charge in [0.2, 0.25) is 0 Å². The number of hydrogen-bond acceptors (Lipinski definition) is 5. The van der Waals surface area contributed by atoms with Crippen LogP contribution < -0.4 is 10.6 Å². The molecule has 21 heavy (non-hydrogen) atoms. The summed E-state index contributed by atoms with van der Waals surface area (Å²) >= 11 is 0. The lowest BCUT2D eigenvalue weighted by Gasteiger charge is -2.08. The molecule has 0 atom stereocenters. The van der Waals surface area contributed by atoms with E-state index in [2.05, 4.69) is 25.6 Å². The lowest BCUT2D eigenvalue weighted by molar-refractivity contribution is 0.102. The Morgan fingerprint density at radius 3 is 2.71 bits per heavy atom. The van der Waals surface area contributed by atoms with E-state index in [1.807, 2.05) is 0 Å². The van der Waals surface area contributed by atoms with Crippen LogP contribution in [0.3, 0.4) is 0 Å². The number of aromatic nitrogens is 3. The van der Waals surface area contributed by atoms with Crippen molar-refractivity contribution in [3.63, 3.8) is 0 Å². The van der Waals surface area contributed by atoms with Gasteiger partial charge in [0.05, 0.1) is 23.6 Å². The van der Waals surface area contributed by atoms with Crippen molar-refractivity contribution in [1.82, 2.24) is 15.0 Å². The van der Waals surface area contributed by atoms with Crippen molar-refractivity contribution in [2.24, 2.45) is 5.92 Å². The smallest absolute Gasteiger partial charge is 0.259 e. The van der Waals surface area contributed by atoms with Crippen molar-refractivity contribution in [2.75, 3.05) is 17.7 Å². The number of carbonyl (C=O) groups is 1. The van der Waals surface area contributed by atoms with Crippen LogP contribution in [0.25, 0.3) is 0 Å². The third-order valence-corrected chi connectivity index (χ3v) is 3.42. The minimum atomic E-state index is -0.231. The minimum absolute atomic E-state index is 0.231. The van der Waals surface area contributed by atoms with Crippen LogP contribution in [0.5, 0.6) is 0 Å². The highest BCUT2D eigenvalue weighted by molar-refractivity contribution is 6.07. The molecule has 6 nitrogen and oxygen atoms in total. The van der Waals surface area contributed by atoms with Gasteiger partial charge in [0.1, 0.15) is 11.6 Å². The number of nitrogens with zero attached hydrogens (tertiary/aromatic N) is 3. The van der Waals surface area contributed by atoms with Crippen LogP contribution in [-0.2, 0) is 6.42 Å². The molecular weight excluding hydrogens is 266 g/mol. The summed E-state index contributed by atoms with van der Waals surface area (Å²) in [6.45, 7) is 0. The fourth-order valence-corrected chi connectivity index (χ4v) is 2.09. The van der Waals surface area contributed by atoms with E-state index in [9.17, 15) is 4.79 Å². The molecule has 0 saturated heterocycles. The molecule has 1 aliphatic rings. The van der Waals surface area contributed by atoms with Crippen molar-refractivity contribution in [2.45, 2.75) is 19.3 Å². The summed E-state index contributed by atoms with van der Waals surface area (Å²) in [4.78, 5) is 24.9. The Hall–Kier alpha value is -2.50. The number of hydrogen-bond donors (Lipinski definition) is 2. The van der Waals surface area contributed by atoms with Gasteiger partial charge in [0.25, 0.3) is 5.91 Å². The topological polar surface area (TPSA) is 79.8 Å². The van der Waals surface area contributed by atoms with Crippen molar-refractivity contribution < 1.29 is 4.79 Å². The largest absolute Gasteiger partial charge is 0.372 e. The number of rotatable bonds is 5. The van der Waals surface area contributed by atoms with E-state index in [1.54, 1.807) is 37.8 Å². The SMILES string of the molecule is CNc1ncccc1C(=O)Nc1cnc(CC2CC2)nc1. The third kappa shape index (κ3) is 3.34. The molecule has 1 amide bonds. The van der Waals surface area contributed by atoms with Gasteiger partial charge in [-0.05, 0) is 30.9 Å². The molecule has 0 aliphatic heterocycles. The second kappa shape index (κ2) is 5.87. The van der Waals surface area contributed by atoms with Gasteiger partial charge in [-0.15, -0.1) is 0 Å². The van der Waals surface area contributed by atoms with Crippen molar-refractivity contribution in [3.05, 3.63) is 42.1 Å². The highest BCUT2D eigenvalue weighted by Crippen LogP contribution is 2.31. The first-order valence-corrected chi connectivity index (χ1v) is 7.01. The number of pyridine rings is 1. The molecule has 0 aromatic carbocycles. The molecule has 6 heteroatoms. The molecule has 2 heterocycles. The van der Waals surface area contributed by atoms with Gasteiger partial charge < -0.3 is 10.6 Å². The second-order valence-corrected chi connectivity index (χ2v) is 5.14. The molecule has 2 N–H and O–H groups in total. The van der Waals surface area contributed by atoms with Crippen LogP contribution in [0.15, 0.2) is 30.7 Å². The molecule has 0 unspecified atom stereocenters. The number of nitrogens with one attached hydrogen (secondary N) is 2. The highest BCUT2D eigenvalue weighted by Gasteiger charge is 2.22. The van der Waals surface area contributed by atoms with Gasteiger partial charge in [-0.3, -0.25) is 4.79 Å². The summed E-state index contributed by atoms with van der Waals surface area (Å²) in [7, 11) is 1.73. The van der Waals surface area contributed by atoms with E-state index in [4.69, 9.17) is 0 Å². The van der Waals surface area contributed by atoms with Crippen LogP contribution in [-0.4, -0.2) is 27.9 Å². The predicted molar refractivity (Wildman–Crippen MR) is 80.2 cm³/mol. The number of anilines is 2. The van der Waals surface area contributed by atoms with Gasteiger partial charge in [-0.1, -0.05) is 0 Å². The average molecular weight is 283 g/mol. The summed E-state index contributed by atoms with van der Waals surface area (Å²) in [5, 5.41) is 5.68. The monoisotopic (exact) mass is 283 g/mol. The minimum Gasteiger partial charge on any atom is -0.372 e. The molecule has 0 bridgehead atoms. The molecule has 2 aromatic heterocycles. The number of carbonyl (C=O) groups excluding carboxylic acids is 1. The molecular formula is C15H17N5O. The summed E-state index contributed by atoms with van der Waals surface area (Å²) in [6, 6.07) is 3.45. The molecule has 108 valence electrons. The van der Waals surface area contributed by atoms with Crippen molar-refractivity contribution in [1.29, 1.82) is 0 Å². The van der Waals surface area contributed by atoms with E-state index in [0.29, 0.717) is 17.1 Å². The molecule has 2 aromatic rings. The fraction of sp³-hybridized carbons (Fsp3) is 0.333. The Morgan fingerprint density at radius 1 is 1.29 bits per heavy atom. The summed E-state index contributed by atoms with van der Waals surface area (Å²) in [5.74, 6) is 1.90. The Labute approximate surface area is 123 Å². The van der Waals surface area contributed by atoms with Crippen LogP contribution in [0.2, 0.25) is 0 Å². The van der Waals surface area contributed by atoms with E-state index < -0.39 is 0 Å². The zero-order valence-corrected chi connectivity index (χ0v) is 11.8. The zero-order chi connectivity index (χ0) is 14.7. The Morgan fingerprint density at radius 2 is 2.05 bits per heavy atom. The maximum Gasteiger partial charge on any atom is 0.259 e. The standard InChI is InChI=1S/C15H17N5O/c1-16-14-12(3-2-6-17-14)15(21)20-11-8-18-13(19-9-11)7-10-4-5-10/h2-3,6,8-10H,4-5,7H2,1H3,(H,16,17)(H,20,21). The van der Waals surface area contributed by atoms with Crippen LogP contribution >= 0.6 is 0 Å². The molecule has 1 aliphatic carbocycles. The molecule has 1 fully saturated rings. The van der Waals surface area contributed by atoms with Crippen molar-refractivity contribution >= 4 is 17.4 Å². The summed E-state index contributed by atoms with van der Waals surface area (Å²) in [6.07, 6.45) is 8.42. The average Bonchev–Trinajstić information content (AvgIpc) is 3.33. The Balaban J connectivity index is 1.68. The lowest BCUT2D eigenvalue weighted by Crippen LogP contribution is -2.15. The normalized spacial score (nSPS) is 13.8. The first-order chi connectivity index (χ1) is 10.3. The fourth-order valence-electron chi connectivity index (χ4n) is 2.09. The van der Waals surface area contributed by atoms with Crippen molar-refractivity contribution in [3.8, 4) is 0 Å². The Kier molecular flexibility index (Phi) is 3.77. The van der Waals surface area contributed by atoms with Gasteiger partial charge in [0, 0.05) is 19.7 Å². The van der Waals surface area contributed by atoms with Gasteiger partial charge in [0.15, 0.2) is 0 Å². The lowest BCUT2D eigenvalue weighted by atomic mass is 10.2. The van der Waals surface area contributed by atoms with Crippen LogP contribution in [0.4, 0.5) is 11.5 Å². The van der Waals surface area contributed by atoms with Crippen LogP contribution in [0.1, 0.15) is 29.0 Å². The first kappa shape index (κ1) is 13.5. The second-order valence-electron chi connectivity index (χ2n) is 5.14. The summed E-state index contributed by atoms with van der Waals surface area (Å²) in [5.41, 5.74) is 1.08. The molecule has 1 saturated carbocycles. The maximum atomic E-state index is 12.2. The summed E-state index contributed by atoms with van der Waals surface area (Å²) < 4.78 is 0. The van der Waals surface area contributed by atoms with E-state index in [0.717, 1.165) is 18.2 Å². The zero-order valence-electron chi connectivity index (χ0n) is 11.8. The van der Waals surface area contributed by atoms with Gasteiger partial charge in [-0.25, -0.2) is 15.0 Å². The van der Waals surface area contributed by atoms with E-state index in [1.165, 1.54) is 12.8 Å². The molecule has 0 spiro atoms. The number of amides is 1. The van der Waals surface area contributed by atoms with Gasteiger partial charge >= 0.3 is 0 Å². The first-order valence-electron chi connectivity index (χ1n) is 7.01. The van der Waals surface area contributed by atoms with E-state index in [-0.39, 0.29) is 5.91 Å². The molecule has 0 radical (unpaired) electrons. The quantitative estimate of drug-likeness (QED) is 0.878. The van der Waals surface area contributed by atoms with E-state index >= 15 is 0 Å². The predicted octanol–water partition coefficient (Wildman–Crippen LogP) is 2.12. The highest BCUT2D eigenvalue weighted by atomic mass is 16.1. The molecule has 3 rings (SSSR count). The van der Waals surface area contributed by atoms with Gasteiger partial charge in [-0.2, -0.15) is 0 Å². The Bertz CT molecular complexity index is 637. The third-order valence-electron chi connectivity index (χ3n) is 3.42. The van der Waals surface area contributed by atoms with Crippen LogP contribution in [0, 0.1) is 5.92 Å². The maximum absolute atomic E-state index is 12.2.